The van der Waals surface area contributed by atoms with Gasteiger partial charge in [-0.3, -0.25) is 5.41 Å². The molecule has 0 fully saturated rings. The van der Waals surface area contributed by atoms with Crippen LogP contribution in [0.3, 0.4) is 0 Å². The van der Waals surface area contributed by atoms with Gasteiger partial charge in [0.15, 0.2) is 0 Å². The van der Waals surface area contributed by atoms with Crippen LogP contribution in [0.2, 0.25) is 5.02 Å². The summed E-state index contributed by atoms with van der Waals surface area (Å²) in [6.07, 6.45) is 3.69. The van der Waals surface area contributed by atoms with E-state index in [2.05, 4.69) is 5.10 Å². The minimum Gasteiger partial charge on any atom is -0.384 e. The largest absolute Gasteiger partial charge is 0.384 e. The lowest BCUT2D eigenvalue weighted by Crippen LogP contribution is -2.15. The van der Waals surface area contributed by atoms with Crippen LogP contribution in [0.5, 0.6) is 0 Å². The van der Waals surface area contributed by atoms with Crippen LogP contribution >= 0.6 is 11.6 Å². The van der Waals surface area contributed by atoms with Crippen molar-refractivity contribution in [2.45, 2.75) is 0 Å². The average molecular weight is 297 g/mol. The van der Waals surface area contributed by atoms with E-state index in [-0.39, 0.29) is 5.84 Å². The molecule has 0 saturated heterocycles. The minimum absolute atomic E-state index is 0.0377. The molecule has 0 spiro atoms. The zero-order chi connectivity index (χ0) is 14.8. The highest BCUT2D eigenvalue weighted by Gasteiger charge is 2.10. The molecule has 0 bridgehead atoms. The Labute approximate surface area is 127 Å². The molecule has 0 aliphatic carbocycles. The van der Waals surface area contributed by atoms with E-state index in [9.17, 15) is 0 Å². The van der Waals surface area contributed by atoms with Crippen molar-refractivity contribution < 1.29 is 0 Å². The Morgan fingerprint density at radius 3 is 2.57 bits per heavy atom. The number of hydrogen-bond donors (Lipinski definition) is 2. The Kier molecular flexibility index (Phi) is 3.46. The van der Waals surface area contributed by atoms with E-state index in [1.54, 1.807) is 29.1 Å². The van der Waals surface area contributed by atoms with Gasteiger partial charge in [0.05, 0.1) is 11.9 Å². The quantitative estimate of drug-likeness (QED) is 0.574. The number of nitrogen functional groups attached to an aromatic ring is 1. The molecule has 3 rings (SSSR count). The summed E-state index contributed by atoms with van der Waals surface area (Å²) in [7, 11) is 0. The molecule has 0 aliphatic rings. The first-order valence-corrected chi connectivity index (χ1v) is 6.77. The summed E-state index contributed by atoms with van der Waals surface area (Å²) in [5.74, 6) is -0.0377. The zero-order valence-electron chi connectivity index (χ0n) is 11.1. The van der Waals surface area contributed by atoms with Crippen molar-refractivity contribution in [1.29, 1.82) is 5.41 Å². The van der Waals surface area contributed by atoms with Crippen LogP contribution < -0.4 is 5.73 Å². The van der Waals surface area contributed by atoms with E-state index in [4.69, 9.17) is 22.7 Å². The molecule has 21 heavy (non-hydrogen) atoms. The first-order chi connectivity index (χ1) is 10.1. The summed E-state index contributed by atoms with van der Waals surface area (Å²) in [5, 5.41) is 12.6. The molecule has 0 unspecified atom stereocenters. The van der Waals surface area contributed by atoms with Crippen molar-refractivity contribution in [2.24, 2.45) is 5.73 Å². The van der Waals surface area contributed by atoms with Crippen molar-refractivity contribution in [3.63, 3.8) is 0 Å². The van der Waals surface area contributed by atoms with E-state index in [1.165, 1.54) is 0 Å². The Morgan fingerprint density at radius 1 is 1.10 bits per heavy atom. The molecule has 0 amide bonds. The minimum atomic E-state index is -0.0377. The van der Waals surface area contributed by atoms with Crippen molar-refractivity contribution >= 4 is 17.4 Å². The van der Waals surface area contributed by atoms with Crippen LogP contribution in [0, 0.1) is 5.41 Å². The molecule has 4 nitrogen and oxygen atoms in total. The summed E-state index contributed by atoms with van der Waals surface area (Å²) in [4.78, 5) is 0. The number of benzene rings is 2. The molecule has 0 aliphatic heterocycles. The third-order valence-electron chi connectivity index (χ3n) is 3.19. The lowest BCUT2D eigenvalue weighted by atomic mass is 10.1. The fraction of sp³-hybridized carbons (Fsp3) is 0. The van der Waals surface area contributed by atoms with Crippen LogP contribution in [0.25, 0.3) is 16.8 Å². The van der Waals surface area contributed by atoms with Crippen molar-refractivity contribution in [3.8, 4) is 16.8 Å². The van der Waals surface area contributed by atoms with E-state index in [1.807, 2.05) is 36.5 Å². The van der Waals surface area contributed by atoms with Gasteiger partial charge in [0.25, 0.3) is 0 Å². The fourth-order valence-corrected chi connectivity index (χ4v) is 2.33. The molecule has 5 heteroatoms. The molecule has 104 valence electrons. The maximum atomic E-state index is 7.67. The molecule has 0 radical (unpaired) electrons. The number of aromatic nitrogens is 2. The predicted molar refractivity (Wildman–Crippen MR) is 85.0 cm³/mol. The molecule has 0 atom stereocenters. The number of nitrogens with zero attached hydrogens (tertiary/aromatic N) is 2. The van der Waals surface area contributed by atoms with Gasteiger partial charge >= 0.3 is 0 Å². The maximum absolute atomic E-state index is 7.67. The van der Waals surface area contributed by atoms with Gasteiger partial charge in [-0.15, -0.1) is 0 Å². The number of halogens is 1. The smallest absolute Gasteiger partial charge is 0.125 e. The monoisotopic (exact) mass is 296 g/mol. The van der Waals surface area contributed by atoms with Crippen molar-refractivity contribution in [1.82, 2.24) is 9.78 Å². The van der Waals surface area contributed by atoms with E-state index in [0.29, 0.717) is 10.6 Å². The molecule has 1 aromatic heterocycles. The molecule has 2 aromatic carbocycles. The van der Waals surface area contributed by atoms with Gasteiger partial charge in [-0.05, 0) is 23.8 Å². The summed E-state index contributed by atoms with van der Waals surface area (Å²) in [5.41, 5.74) is 9.00. The highest BCUT2D eigenvalue weighted by molar-refractivity contribution is 6.31. The normalized spacial score (nSPS) is 10.5. The zero-order valence-corrected chi connectivity index (χ0v) is 11.9. The molecular formula is C16H13ClN4. The fourth-order valence-electron chi connectivity index (χ4n) is 2.16. The Bertz CT molecular complexity index is 793. The van der Waals surface area contributed by atoms with E-state index in [0.717, 1.165) is 16.8 Å². The Balaban J connectivity index is 2.07. The van der Waals surface area contributed by atoms with Crippen LogP contribution in [0.4, 0.5) is 0 Å². The summed E-state index contributed by atoms with van der Waals surface area (Å²) in [6, 6.07) is 15.2. The molecule has 0 saturated carbocycles. The van der Waals surface area contributed by atoms with Gasteiger partial charge in [-0.1, -0.05) is 41.9 Å². The molecular weight excluding hydrogens is 284 g/mol. The summed E-state index contributed by atoms with van der Waals surface area (Å²) in [6.45, 7) is 0. The first kappa shape index (κ1) is 13.4. The molecule has 3 aromatic rings. The lowest BCUT2D eigenvalue weighted by molar-refractivity contribution is 0.878. The first-order valence-electron chi connectivity index (χ1n) is 6.39. The highest BCUT2D eigenvalue weighted by atomic mass is 35.5. The van der Waals surface area contributed by atoms with Crippen LogP contribution in [0.1, 0.15) is 5.56 Å². The summed E-state index contributed by atoms with van der Waals surface area (Å²) < 4.78 is 1.70. The topological polar surface area (TPSA) is 67.7 Å². The molecule has 3 N–H and O–H groups in total. The van der Waals surface area contributed by atoms with E-state index >= 15 is 0 Å². The van der Waals surface area contributed by atoms with Gasteiger partial charge in [-0.25, -0.2) is 4.68 Å². The highest BCUT2D eigenvalue weighted by Crippen LogP contribution is 2.23. The van der Waals surface area contributed by atoms with Gasteiger partial charge in [0.2, 0.25) is 0 Å². The van der Waals surface area contributed by atoms with Gasteiger partial charge in [-0.2, -0.15) is 5.10 Å². The van der Waals surface area contributed by atoms with Gasteiger partial charge in [0.1, 0.15) is 5.84 Å². The lowest BCUT2D eigenvalue weighted by Gasteiger charge is -2.08. The number of nitrogens with one attached hydrogen (secondary N) is 1. The second-order valence-corrected chi connectivity index (χ2v) is 5.05. The van der Waals surface area contributed by atoms with Crippen molar-refractivity contribution in [2.75, 3.05) is 0 Å². The van der Waals surface area contributed by atoms with Crippen LogP contribution in [0.15, 0.2) is 60.9 Å². The predicted octanol–water partition coefficient (Wildman–Crippen LogP) is 3.48. The number of rotatable bonds is 3. The maximum Gasteiger partial charge on any atom is 0.125 e. The average Bonchev–Trinajstić information content (AvgIpc) is 2.97. The Hall–Kier alpha value is -2.59. The molecule has 1 heterocycles. The second kappa shape index (κ2) is 5.42. The van der Waals surface area contributed by atoms with Gasteiger partial charge < -0.3 is 5.73 Å². The van der Waals surface area contributed by atoms with Gasteiger partial charge in [0, 0.05) is 22.3 Å². The number of amidine groups is 1. The standard InChI is InChI=1S/C16H13ClN4/c17-13-6-7-15(14(8-13)16(18)19)21-10-12(9-20-21)11-4-2-1-3-5-11/h1-10H,(H3,18,19). The SMILES string of the molecule is N=C(N)c1cc(Cl)ccc1-n1cc(-c2ccccc2)cn1. The van der Waals surface area contributed by atoms with E-state index < -0.39 is 0 Å². The van der Waals surface area contributed by atoms with Crippen LogP contribution in [-0.4, -0.2) is 15.6 Å². The number of nitrogens with two attached hydrogens (primary N) is 1. The number of hydrogen-bond acceptors (Lipinski definition) is 2. The third-order valence-corrected chi connectivity index (χ3v) is 3.42. The van der Waals surface area contributed by atoms with Crippen molar-refractivity contribution in [3.05, 3.63) is 71.5 Å². The second-order valence-electron chi connectivity index (χ2n) is 4.61. The summed E-state index contributed by atoms with van der Waals surface area (Å²) >= 11 is 5.97. The van der Waals surface area contributed by atoms with Crippen LogP contribution in [-0.2, 0) is 0 Å². The Morgan fingerprint density at radius 2 is 1.86 bits per heavy atom. The third kappa shape index (κ3) is 2.66.